The monoisotopic (exact) mass is 395 g/mol. The number of nitro benzene ring substituents is 1. The van der Waals surface area contributed by atoms with Gasteiger partial charge in [-0.2, -0.15) is 4.98 Å². The lowest BCUT2D eigenvalue weighted by atomic mass is 10.2. The van der Waals surface area contributed by atoms with E-state index in [1.807, 2.05) is 0 Å². The second kappa shape index (κ2) is 8.09. The van der Waals surface area contributed by atoms with Gasteiger partial charge in [-0.15, -0.1) is 0 Å². The van der Waals surface area contributed by atoms with Crippen LogP contribution in [0, 0.1) is 15.9 Å². The smallest absolute Gasteiger partial charge is 0.269 e. The van der Waals surface area contributed by atoms with Crippen molar-refractivity contribution in [1.82, 2.24) is 9.97 Å². The van der Waals surface area contributed by atoms with E-state index in [-0.39, 0.29) is 11.5 Å². The van der Waals surface area contributed by atoms with Gasteiger partial charge in [0.25, 0.3) is 5.69 Å². The van der Waals surface area contributed by atoms with Crippen LogP contribution >= 0.6 is 0 Å². The van der Waals surface area contributed by atoms with Crippen molar-refractivity contribution in [2.75, 3.05) is 36.0 Å². The van der Waals surface area contributed by atoms with Crippen molar-refractivity contribution in [2.45, 2.75) is 0 Å². The Bertz CT molecular complexity index is 990. The summed E-state index contributed by atoms with van der Waals surface area (Å²) in [7, 11) is 0. The highest BCUT2D eigenvalue weighted by Crippen LogP contribution is 2.24. The zero-order valence-electron chi connectivity index (χ0n) is 15.4. The van der Waals surface area contributed by atoms with Gasteiger partial charge >= 0.3 is 0 Å². The summed E-state index contributed by atoms with van der Waals surface area (Å²) in [5, 5.41) is 10.8. The number of hydrogen-bond acceptors (Lipinski definition) is 7. The van der Waals surface area contributed by atoms with Gasteiger partial charge in [0.15, 0.2) is 0 Å². The van der Waals surface area contributed by atoms with Gasteiger partial charge in [0.1, 0.15) is 11.6 Å². The van der Waals surface area contributed by atoms with Gasteiger partial charge in [-0.1, -0.05) is 0 Å². The molecule has 29 heavy (non-hydrogen) atoms. The molecular formula is C20H18FN5O3. The molecule has 0 atom stereocenters. The first-order valence-electron chi connectivity index (χ1n) is 9.09. The van der Waals surface area contributed by atoms with Crippen LogP contribution in [0.25, 0.3) is 0 Å². The number of hydrogen-bond donors (Lipinski definition) is 0. The maximum absolute atomic E-state index is 13.0. The molecule has 2 aromatic carbocycles. The molecule has 1 aliphatic heterocycles. The van der Waals surface area contributed by atoms with E-state index in [0.717, 1.165) is 18.8 Å². The molecule has 0 radical (unpaired) electrons. The topological polar surface area (TPSA) is 84.6 Å². The molecule has 8 nitrogen and oxygen atoms in total. The van der Waals surface area contributed by atoms with E-state index < -0.39 is 4.92 Å². The molecule has 3 aromatic rings. The molecule has 2 heterocycles. The molecule has 0 amide bonds. The molecule has 0 N–H and O–H groups in total. The van der Waals surface area contributed by atoms with Crippen LogP contribution in [-0.4, -0.2) is 41.1 Å². The number of halogens is 1. The molecule has 0 bridgehead atoms. The van der Waals surface area contributed by atoms with Gasteiger partial charge in [0.05, 0.1) is 4.92 Å². The summed E-state index contributed by atoms with van der Waals surface area (Å²) in [4.78, 5) is 23.4. The molecule has 0 unspecified atom stereocenters. The lowest BCUT2D eigenvalue weighted by Crippen LogP contribution is -2.47. The van der Waals surface area contributed by atoms with Crippen LogP contribution in [0.2, 0.25) is 0 Å². The predicted molar refractivity (Wildman–Crippen MR) is 106 cm³/mol. The number of anilines is 2. The standard InChI is InChI=1S/C20H18FN5O3/c21-15-1-7-18(8-2-15)29-19-9-10-22-20(23-19)25-13-11-24(12-14-25)16-3-5-17(6-4-16)26(27)28/h1-10H,11-14H2. The second-order valence-corrected chi connectivity index (χ2v) is 6.50. The summed E-state index contributed by atoms with van der Waals surface area (Å²) in [6, 6.07) is 14.0. The van der Waals surface area contributed by atoms with Gasteiger partial charge < -0.3 is 14.5 Å². The minimum absolute atomic E-state index is 0.0822. The summed E-state index contributed by atoms with van der Waals surface area (Å²) < 4.78 is 18.7. The third-order valence-corrected chi connectivity index (χ3v) is 4.64. The largest absolute Gasteiger partial charge is 0.439 e. The third-order valence-electron chi connectivity index (χ3n) is 4.64. The van der Waals surface area contributed by atoms with E-state index in [2.05, 4.69) is 19.8 Å². The van der Waals surface area contributed by atoms with E-state index in [4.69, 9.17) is 4.74 Å². The molecule has 0 saturated carbocycles. The number of rotatable bonds is 5. The molecule has 0 aliphatic carbocycles. The third kappa shape index (κ3) is 4.40. The highest BCUT2D eigenvalue weighted by atomic mass is 19.1. The Morgan fingerprint density at radius 1 is 0.931 bits per heavy atom. The van der Waals surface area contributed by atoms with E-state index >= 15 is 0 Å². The van der Waals surface area contributed by atoms with E-state index in [1.54, 1.807) is 36.5 Å². The number of benzene rings is 2. The number of ether oxygens (including phenoxy) is 1. The summed E-state index contributed by atoms with van der Waals surface area (Å²) in [5.74, 6) is 1.12. The fraction of sp³-hybridized carbons (Fsp3) is 0.200. The van der Waals surface area contributed by atoms with Crippen LogP contribution in [0.1, 0.15) is 0 Å². The van der Waals surface area contributed by atoms with Crippen molar-refractivity contribution in [3.05, 3.63) is 76.7 Å². The number of nitrogens with zero attached hydrogens (tertiary/aromatic N) is 5. The zero-order valence-corrected chi connectivity index (χ0v) is 15.4. The Kier molecular flexibility index (Phi) is 5.19. The average Bonchev–Trinajstić information content (AvgIpc) is 2.76. The minimum Gasteiger partial charge on any atom is -0.439 e. The Labute approximate surface area is 166 Å². The molecule has 0 spiro atoms. The van der Waals surface area contributed by atoms with Gasteiger partial charge in [-0.3, -0.25) is 10.1 Å². The van der Waals surface area contributed by atoms with Crippen LogP contribution < -0.4 is 14.5 Å². The van der Waals surface area contributed by atoms with E-state index in [0.29, 0.717) is 30.7 Å². The van der Waals surface area contributed by atoms with Crippen LogP contribution in [0.4, 0.5) is 21.7 Å². The van der Waals surface area contributed by atoms with Gasteiger partial charge in [0, 0.05) is 56.3 Å². The summed E-state index contributed by atoms with van der Waals surface area (Å²) >= 11 is 0. The SMILES string of the molecule is O=[N+]([O-])c1ccc(N2CCN(c3nccc(Oc4ccc(F)cc4)n3)CC2)cc1. The Hall–Kier alpha value is -3.75. The highest BCUT2D eigenvalue weighted by Gasteiger charge is 2.20. The van der Waals surface area contributed by atoms with Crippen LogP contribution in [-0.2, 0) is 0 Å². The molecule has 1 aromatic heterocycles. The minimum atomic E-state index is -0.403. The summed E-state index contributed by atoms with van der Waals surface area (Å²) in [6.45, 7) is 2.89. The average molecular weight is 395 g/mol. The first-order chi connectivity index (χ1) is 14.1. The van der Waals surface area contributed by atoms with Crippen molar-refractivity contribution < 1.29 is 14.1 Å². The first-order valence-corrected chi connectivity index (χ1v) is 9.09. The lowest BCUT2D eigenvalue weighted by Gasteiger charge is -2.36. The Morgan fingerprint density at radius 2 is 1.59 bits per heavy atom. The van der Waals surface area contributed by atoms with Crippen LogP contribution in [0.5, 0.6) is 11.6 Å². The van der Waals surface area contributed by atoms with Crippen molar-refractivity contribution >= 4 is 17.3 Å². The maximum atomic E-state index is 13.0. The predicted octanol–water partition coefficient (Wildman–Crippen LogP) is 3.64. The zero-order chi connectivity index (χ0) is 20.2. The van der Waals surface area contributed by atoms with Gasteiger partial charge in [0.2, 0.25) is 11.8 Å². The quantitative estimate of drug-likeness (QED) is 0.482. The van der Waals surface area contributed by atoms with Gasteiger partial charge in [-0.05, 0) is 36.4 Å². The number of nitro groups is 1. The summed E-state index contributed by atoms with van der Waals surface area (Å²) in [5.41, 5.74) is 1.03. The van der Waals surface area contributed by atoms with Crippen LogP contribution in [0.3, 0.4) is 0 Å². The molecular weight excluding hydrogens is 377 g/mol. The Morgan fingerprint density at radius 3 is 2.24 bits per heavy atom. The normalized spacial score (nSPS) is 14.0. The second-order valence-electron chi connectivity index (χ2n) is 6.50. The fourth-order valence-electron chi connectivity index (χ4n) is 3.11. The fourth-order valence-corrected chi connectivity index (χ4v) is 3.11. The highest BCUT2D eigenvalue weighted by molar-refractivity contribution is 5.52. The molecule has 4 rings (SSSR count). The van der Waals surface area contributed by atoms with Crippen molar-refractivity contribution in [3.8, 4) is 11.6 Å². The number of piperazine rings is 1. The van der Waals surface area contributed by atoms with Gasteiger partial charge in [-0.25, -0.2) is 9.37 Å². The molecule has 1 saturated heterocycles. The van der Waals surface area contributed by atoms with E-state index in [9.17, 15) is 14.5 Å². The number of non-ortho nitro benzene ring substituents is 1. The van der Waals surface area contributed by atoms with Crippen LogP contribution in [0.15, 0.2) is 60.8 Å². The Balaban J connectivity index is 1.39. The molecule has 1 aliphatic rings. The maximum Gasteiger partial charge on any atom is 0.269 e. The molecule has 1 fully saturated rings. The van der Waals surface area contributed by atoms with E-state index in [1.165, 1.54) is 24.3 Å². The van der Waals surface area contributed by atoms with Crippen molar-refractivity contribution in [3.63, 3.8) is 0 Å². The lowest BCUT2D eigenvalue weighted by molar-refractivity contribution is -0.384. The first kappa shape index (κ1) is 18.6. The number of aromatic nitrogens is 2. The molecule has 9 heteroatoms. The van der Waals surface area contributed by atoms with Crippen molar-refractivity contribution in [1.29, 1.82) is 0 Å². The molecule has 148 valence electrons. The van der Waals surface area contributed by atoms with Crippen molar-refractivity contribution in [2.24, 2.45) is 0 Å². The summed E-state index contributed by atoms with van der Waals surface area (Å²) in [6.07, 6.45) is 1.63.